The van der Waals surface area contributed by atoms with Gasteiger partial charge in [-0.3, -0.25) is 9.59 Å². The van der Waals surface area contributed by atoms with Gasteiger partial charge in [0.2, 0.25) is 0 Å². The number of carbonyl (C=O) groups excluding carboxylic acids is 2. The van der Waals surface area contributed by atoms with E-state index in [1.54, 1.807) is 0 Å². The molecule has 1 saturated heterocycles. The second-order valence-electron chi connectivity index (χ2n) is 12.2. The normalized spacial score (nSPS) is 49.7. The van der Waals surface area contributed by atoms with Crippen LogP contribution < -0.4 is 0 Å². The Morgan fingerprint density at radius 1 is 1.12 bits per heavy atom. The molecular weight excluding hydrogens is 404 g/mol. The van der Waals surface area contributed by atoms with Gasteiger partial charge in [0.05, 0.1) is 19.3 Å². The Balaban J connectivity index is 1.33. The molecule has 4 saturated carbocycles. The lowest BCUT2D eigenvalue weighted by atomic mass is 9.44. The summed E-state index contributed by atoms with van der Waals surface area (Å²) in [5, 5.41) is 0. The molecule has 0 radical (unpaired) electrons. The van der Waals surface area contributed by atoms with Crippen LogP contribution in [0.15, 0.2) is 0 Å². The van der Waals surface area contributed by atoms with E-state index in [2.05, 4.69) is 20.8 Å². The molecular formula is C27H42O5. The van der Waals surface area contributed by atoms with Crippen molar-refractivity contribution in [1.82, 2.24) is 0 Å². The number of epoxide rings is 1. The zero-order valence-electron chi connectivity index (χ0n) is 20.6. The molecule has 0 unspecified atom stereocenters. The quantitative estimate of drug-likeness (QED) is 0.431. The van der Waals surface area contributed by atoms with Crippen LogP contribution in [-0.4, -0.2) is 37.4 Å². The highest BCUT2D eigenvalue weighted by Gasteiger charge is 2.73. The molecule has 5 aliphatic rings. The zero-order valence-corrected chi connectivity index (χ0v) is 20.6. The van der Waals surface area contributed by atoms with E-state index in [0.29, 0.717) is 47.7 Å². The first-order valence-electron chi connectivity index (χ1n) is 13.1. The first kappa shape index (κ1) is 22.7. The summed E-state index contributed by atoms with van der Waals surface area (Å²) >= 11 is 0. The molecule has 1 heterocycles. The first-order chi connectivity index (χ1) is 15.2. The van der Waals surface area contributed by atoms with Crippen LogP contribution in [0.1, 0.15) is 85.5 Å². The largest absolute Gasteiger partial charge is 0.469 e. The van der Waals surface area contributed by atoms with E-state index in [4.69, 9.17) is 14.2 Å². The Labute approximate surface area is 193 Å². The van der Waals surface area contributed by atoms with Gasteiger partial charge in [0, 0.05) is 18.8 Å². The number of methoxy groups -OCH3 is 1. The fourth-order valence-electron chi connectivity index (χ4n) is 9.54. The van der Waals surface area contributed by atoms with Crippen molar-refractivity contribution in [2.24, 2.45) is 46.3 Å². The maximum atomic E-state index is 11.7. The first-order valence-corrected chi connectivity index (χ1v) is 13.1. The van der Waals surface area contributed by atoms with Crippen molar-refractivity contribution >= 4 is 11.9 Å². The van der Waals surface area contributed by atoms with Crippen molar-refractivity contribution in [3.05, 3.63) is 0 Å². The van der Waals surface area contributed by atoms with Gasteiger partial charge in [0.1, 0.15) is 6.10 Å². The monoisotopic (exact) mass is 446 g/mol. The van der Waals surface area contributed by atoms with Crippen molar-refractivity contribution in [2.45, 2.75) is 104 Å². The van der Waals surface area contributed by atoms with Gasteiger partial charge in [0.25, 0.3) is 0 Å². The van der Waals surface area contributed by atoms with Crippen LogP contribution in [0.3, 0.4) is 0 Å². The standard InChI is InChI=1S/C27H42O5/c1-15(6-11-22(29)30-5)20-9-10-21-19-8-7-17-14-18(31-16(2)28)12-13-26(17,3)23(19)24-25(32-24)27(20,21)4/h15,17-21,23-25H,6-14H2,1-5H3/t15-,17+,18+,19-,20+,21-,23+,24-,25-,26+,27+/m1/s1. The SMILES string of the molecule is COC(=O)CC[C@@H](C)[C@@H]1CC[C@@H]2[C@H]3CC[C@H]4C[C@@H](OC(C)=O)CC[C@]4(C)[C@@H]3[C@H]3O[C@H]3[C@]21C. The Morgan fingerprint density at radius 2 is 1.91 bits per heavy atom. The van der Waals surface area contributed by atoms with Crippen LogP contribution in [0, 0.1) is 46.3 Å². The van der Waals surface area contributed by atoms with E-state index in [-0.39, 0.29) is 23.5 Å². The molecule has 0 aromatic heterocycles. The zero-order chi connectivity index (χ0) is 22.8. The lowest BCUT2D eigenvalue weighted by Gasteiger charge is -2.59. The Bertz CT molecular complexity index is 765. The minimum atomic E-state index is -0.135. The van der Waals surface area contributed by atoms with E-state index in [1.807, 2.05) is 0 Å². The molecule has 180 valence electrons. The number of rotatable bonds is 5. The summed E-state index contributed by atoms with van der Waals surface area (Å²) < 4.78 is 17.1. The third-order valence-corrected chi connectivity index (χ3v) is 11.0. The number of carbonyl (C=O) groups is 2. The number of ether oxygens (including phenoxy) is 3. The van der Waals surface area contributed by atoms with Gasteiger partial charge >= 0.3 is 11.9 Å². The van der Waals surface area contributed by atoms with Crippen molar-refractivity contribution in [3.63, 3.8) is 0 Å². The van der Waals surface area contributed by atoms with Crippen molar-refractivity contribution in [1.29, 1.82) is 0 Å². The molecule has 0 amide bonds. The lowest BCUT2D eigenvalue weighted by molar-refractivity contribution is -0.158. The van der Waals surface area contributed by atoms with Crippen LogP contribution in [0.25, 0.3) is 0 Å². The maximum Gasteiger partial charge on any atom is 0.305 e. The summed E-state index contributed by atoms with van der Waals surface area (Å²) in [5.41, 5.74) is 0.564. The molecule has 32 heavy (non-hydrogen) atoms. The number of fused-ring (bicyclic) bond motifs is 8. The molecule has 5 heteroatoms. The second-order valence-corrected chi connectivity index (χ2v) is 12.2. The molecule has 5 nitrogen and oxygen atoms in total. The van der Waals surface area contributed by atoms with Gasteiger partial charge in [-0.15, -0.1) is 0 Å². The topological polar surface area (TPSA) is 65.1 Å². The van der Waals surface area contributed by atoms with Crippen molar-refractivity contribution < 1.29 is 23.8 Å². The molecule has 0 aromatic rings. The van der Waals surface area contributed by atoms with Gasteiger partial charge in [-0.25, -0.2) is 0 Å². The summed E-state index contributed by atoms with van der Waals surface area (Å²) in [4.78, 5) is 23.2. The highest BCUT2D eigenvalue weighted by molar-refractivity contribution is 5.69. The van der Waals surface area contributed by atoms with Crippen molar-refractivity contribution in [2.75, 3.05) is 7.11 Å². The van der Waals surface area contributed by atoms with Crippen LogP contribution >= 0.6 is 0 Å². The van der Waals surface area contributed by atoms with Crippen molar-refractivity contribution in [3.8, 4) is 0 Å². The average molecular weight is 447 g/mol. The van der Waals surface area contributed by atoms with Crippen LogP contribution in [0.4, 0.5) is 0 Å². The van der Waals surface area contributed by atoms with E-state index >= 15 is 0 Å². The van der Waals surface area contributed by atoms with E-state index < -0.39 is 0 Å². The van der Waals surface area contributed by atoms with E-state index in [1.165, 1.54) is 39.7 Å². The van der Waals surface area contributed by atoms with Gasteiger partial charge in [-0.1, -0.05) is 20.8 Å². The van der Waals surface area contributed by atoms with Gasteiger partial charge in [-0.05, 0) is 92.3 Å². The number of hydrogen-bond donors (Lipinski definition) is 0. The van der Waals surface area contributed by atoms with Gasteiger partial charge < -0.3 is 14.2 Å². The second kappa shape index (κ2) is 7.99. The molecule has 5 fully saturated rings. The van der Waals surface area contributed by atoms with Gasteiger partial charge in [0.15, 0.2) is 0 Å². The Hall–Kier alpha value is -1.10. The summed E-state index contributed by atoms with van der Waals surface area (Å²) in [5.74, 6) is 3.74. The fourth-order valence-corrected chi connectivity index (χ4v) is 9.54. The lowest BCUT2D eigenvalue weighted by Crippen LogP contribution is -2.57. The molecule has 0 aromatic carbocycles. The molecule has 4 aliphatic carbocycles. The van der Waals surface area contributed by atoms with E-state index in [9.17, 15) is 9.59 Å². The minimum Gasteiger partial charge on any atom is -0.469 e. The van der Waals surface area contributed by atoms with Crippen LogP contribution in [0.2, 0.25) is 0 Å². The predicted octanol–water partition coefficient (Wildman–Crippen LogP) is 5.15. The van der Waals surface area contributed by atoms with Crippen LogP contribution in [0.5, 0.6) is 0 Å². The van der Waals surface area contributed by atoms with E-state index in [0.717, 1.165) is 37.5 Å². The molecule has 0 N–H and O–H groups in total. The number of esters is 2. The van der Waals surface area contributed by atoms with Gasteiger partial charge in [-0.2, -0.15) is 0 Å². The third kappa shape index (κ3) is 3.35. The number of hydrogen-bond acceptors (Lipinski definition) is 5. The summed E-state index contributed by atoms with van der Waals surface area (Å²) in [7, 11) is 1.49. The summed E-state index contributed by atoms with van der Waals surface area (Å²) in [6.07, 6.45) is 10.7. The van der Waals surface area contributed by atoms with Crippen LogP contribution in [-0.2, 0) is 23.8 Å². The summed E-state index contributed by atoms with van der Waals surface area (Å²) in [6.45, 7) is 8.94. The third-order valence-electron chi connectivity index (χ3n) is 11.0. The minimum absolute atomic E-state index is 0.0867. The molecule has 1 aliphatic heterocycles. The highest BCUT2D eigenvalue weighted by atomic mass is 16.6. The molecule has 0 bridgehead atoms. The highest BCUT2D eigenvalue weighted by Crippen LogP contribution is 2.73. The average Bonchev–Trinajstić information content (AvgIpc) is 3.47. The molecule has 5 rings (SSSR count). The Kier molecular flexibility index (Phi) is 5.66. The summed E-state index contributed by atoms with van der Waals surface area (Å²) in [6, 6.07) is 0. The smallest absolute Gasteiger partial charge is 0.305 e. The molecule has 0 spiro atoms. The Morgan fingerprint density at radius 3 is 2.62 bits per heavy atom. The molecule has 11 atom stereocenters. The predicted molar refractivity (Wildman–Crippen MR) is 121 cm³/mol. The maximum absolute atomic E-state index is 11.7. The fraction of sp³-hybridized carbons (Fsp3) is 0.926.